The van der Waals surface area contributed by atoms with Crippen LogP contribution in [0.15, 0.2) is 18.2 Å². The summed E-state index contributed by atoms with van der Waals surface area (Å²) in [4.78, 5) is 12.6. The lowest BCUT2D eigenvalue weighted by molar-refractivity contribution is -0.384. The van der Waals surface area contributed by atoms with Crippen molar-refractivity contribution in [2.45, 2.75) is 39.3 Å². The van der Waals surface area contributed by atoms with Crippen LogP contribution < -0.4 is 0 Å². The van der Waals surface area contributed by atoms with Gasteiger partial charge >= 0.3 is 0 Å². The van der Waals surface area contributed by atoms with Gasteiger partial charge in [0.15, 0.2) is 0 Å². The van der Waals surface area contributed by atoms with Crippen LogP contribution in [0.3, 0.4) is 0 Å². The second kappa shape index (κ2) is 8.19. The predicted molar refractivity (Wildman–Crippen MR) is 80.0 cm³/mol. The monoisotopic (exact) mass is 300 g/mol. The van der Waals surface area contributed by atoms with Gasteiger partial charge in [0.2, 0.25) is 0 Å². The molecule has 0 amide bonds. The Morgan fingerprint density at radius 1 is 1.40 bits per heavy atom. The van der Waals surface area contributed by atoms with E-state index in [-0.39, 0.29) is 17.3 Å². The second-order valence-electron chi connectivity index (χ2n) is 4.71. The van der Waals surface area contributed by atoms with E-state index >= 15 is 0 Å². The highest BCUT2D eigenvalue weighted by atomic mass is 35.5. The summed E-state index contributed by atoms with van der Waals surface area (Å²) < 4.78 is 0. The zero-order valence-corrected chi connectivity index (χ0v) is 12.6. The molecule has 0 radical (unpaired) electrons. The van der Waals surface area contributed by atoms with Crippen molar-refractivity contribution in [1.29, 1.82) is 0 Å². The van der Waals surface area contributed by atoms with Crippen molar-refractivity contribution >= 4 is 17.3 Å². The van der Waals surface area contributed by atoms with Crippen LogP contribution in [-0.4, -0.2) is 34.1 Å². The number of aliphatic hydroxyl groups is 1. The third kappa shape index (κ3) is 4.44. The van der Waals surface area contributed by atoms with E-state index in [1.165, 1.54) is 6.07 Å². The molecular formula is C14H21ClN2O3. The van der Waals surface area contributed by atoms with Crippen molar-refractivity contribution in [2.24, 2.45) is 0 Å². The Morgan fingerprint density at radius 3 is 2.55 bits per heavy atom. The summed E-state index contributed by atoms with van der Waals surface area (Å²) in [6.45, 7) is 5.41. The molecule has 0 aliphatic rings. The molecule has 0 saturated carbocycles. The summed E-state index contributed by atoms with van der Waals surface area (Å²) in [6, 6.07) is 5.22. The summed E-state index contributed by atoms with van der Waals surface area (Å²) >= 11 is 5.81. The Bertz CT molecular complexity index is 450. The molecule has 0 bridgehead atoms. The van der Waals surface area contributed by atoms with Crippen molar-refractivity contribution < 1.29 is 10.0 Å². The first-order chi connectivity index (χ1) is 9.53. The third-order valence-electron chi connectivity index (χ3n) is 3.44. The maximum absolute atomic E-state index is 10.9. The maximum Gasteiger partial charge on any atom is 0.288 e. The first-order valence-electron chi connectivity index (χ1n) is 6.81. The molecule has 1 rings (SSSR count). The molecule has 1 N–H and O–H groups in total. The van der Waals surface area contributed by atoms with Crippen LogP contribution in [0.4, 0.5) is 5.69 Å². The number of rotatable bonds is 8. The Hall–Kier alpha value is -1.17. The summed E-state index contributed by atoms with van der Waals surface area (Å²) in [5.74, 6) is 0. The molecule has 112 valence electrons. The fourth-order valence-corrected chi connectivity index (χ4v) is 2.54. The van der Waals surface area contributed by atoms with Crippen LogP contribution in [0.5, 0.6) is 0 Å². The van der Waals surface area contributed by atoms with Crippen LogP contribution >= 0.6 is 11.6 Å². The van der Waals surface area contributed by atoms with Gasteiger partial charge < -0.3 is 5.11 Å². The number of hydrogen-bond donors (Lipinski definition) is 1. The van der Waals surface area contributed by atoms with Crippen molar-refractivity contribution in [1.82, 2.24) is 4.90 Å². The number of hydrogen-bond acceptors (Lipinski definition) is 4. The smallest absolute Gasteiger partial charge is 0.288 e. The lowest BCUT2D eigenvalue weighted by Gasteiger charge is -2.29. The predicted octanol–water partition coefficient (Wildman–Crippen LogP) is 3.23. The molecule has 0 aliphatic carbocycles. The van der Waals surface area contributed by atoms with Gasteiger partial charge in [0, 0.05) is 25.2 Å². The number of nitro groups is 1. The average molecular weight is 301 g/mol. The fraction of sp³-hybridized carbons (Fsp3) is 0.571. The van der Waals surface area contributed by atoms with E-state index in [1.54, 1.807) is 12.1 Å². The van der Waals surface area contributed by atoms with Crippen molar-refractivity contribution in [3.8, 4) is 0 Å². The zero-order chi connectivity index (χ0) is 15.1. The van der Waals surface area contributed by atoms with Crippen LogP contribution in [0, 0.1) is 10.1 Å². The highest BCUT2D eigenvalue weighted by Crippen LogP contribution is 2.26. The molecule has 0 spiro atoms. The van der Waals surface area contributed by atoms with E-state index in [2.05, 4.69) is 18.7 Å². The Morgan fingerprint density at radius 2 is 2.05 bits per heavy atom. The minimum atomic E-state index is -0.473. The molecule has 1 aromatic rings. The van der Waals surface area contributed by atoms with Crippen LogP contribution in [0.1, 0.15) is 32.3 Å². The molecule has 1 aromatic carbocycles. The molecule has 6 heteroatoms. The fourth-order valence-electron chi connectivity index (χ4n) is 2.36. The molecule has 0 aliphatic heterocycles. The molecule has 0 unspecified atom stereocenters. The van der Waals surface area contributed by atoms with E-state index in [1.807, 2.05) is 0 Å². The lowest BCUT2D eigenvalue weighted by atomic mass is 10.1. The van der Waals surface area contributed by atoms with Crippen LogP contribution in [-0.2, 0) is 6.54 Å². The SMILES string of the molecule is CCC(CC)N(CCO)Cc1ccc(Cl)c([N+](=O)[O-])c1. The number of benzene rings is 1. The quantitative estimate of drug-likeness (QED) is 0.591. The highest BCUT2D eigenvalue weighted by Gasteiger charge is 2.18. The highest BCUT2D eigenvalue weighted by molar-refractivity contribution is 6.32. The molecule has 0 saturated heterocycles. The summed E-state index contributed by atoms with van der Waals surface area (Å²) in [5, 5.41) is 20.2. The summed E-state index contributed by atoms with van der Waals surface area (Å²) in [5.41, 5.74) is 0.763. The molecule has 0 heterocycles. The van der Waals surface area contributed by atoms with Gasteiger partial charge in [-0.25, -0.2) is 0 Å². The number of aliphatic hydroxyl groups excluding tert-OH is 1. The van der Waals surface area contributed by atoms with Gasteiger partial charge in [-0.05, 0) is 24.5 Å². The number of nitro benzene ring substituents is 1. The summed E-state index contributed by atoms with van der Waals surface area (Å²) in [7, 11) is 0. The first-order valence-corrected chi connectivity index (χ1v) is 7.18. The largest absolute Gasteiger partial charge is 0.395 e. The van der Waals surface area contributed by atoms with Crippen LogP contribution in [0.2, 0.25) is 5.02 Å². The summed E-state index contributed by atoms with van der Waals surface area (Å²) in [6.07, 6.45) is 1.96. The minimum absolute atomic E-state index is 0.0716. The number of halogens is 1. The topological polar surface area (TPSA) is 66.6 Å². The standard InChI is InChI=1S/C14H21ClN2O3/c1-3-12(4-2)16(7-8-18)10-11-5-6-13(15)14(9-11)17(19)20/h5-6,9,12,18H,3-4,7-8,10H2,1-2H3. The number of nitrogens with zero attached hydrogens (tertiary/aromatic N) is 2. The van der Waals surface area contributed by atoms with Gasteiger partial charge in [0.25, 0.3) is 5.69 Å². The van der Waals surface area contributed by atoms with Crippen LogP contribution in [0.25, 0.3) is 0 Å². The van der Waals surface area contributed by atoms with E-state index in [0.717, 1.165) is 18.4 Å². The van der Waals surface area contributed by atoms with Gasteiger partial charge in [-0.3, -0.25) is 15.0 Å². The third-order valence-corrected chi connectivity index (χ3v) is 3.76. The molecule has 5 nitrogen and oxygen atoms in total. The van der Waals surface area contributed by atoms with E-state index in [4.69, 9.17) is 11.6 Å². The van der Waals surface area contributed by atoms with Gasteiger partial charge in [0.05, 0.1) is 11.5 Å². The molecule has 0 aromatic heterocycles. The van der Waals surface area contributed by atoms with Gasteiger partial charge in [-0.15, -0.1) is 0 Å². The van der Waals surface area contributed by atoms with Gasteiger partial charge in [-0.1, -0.05) is 31.5 Å². The van der Waals surface area contributed by atoms with E-state index < -0.39 is 4.92 Å². The molecule has 20 heavy (non-hydrogen) atoms. The van der Waals surface area contributed by atoms with Crippen molar-refractivity contribution in [3.05, 3.63) is 38.9 Å². The average Bonchev–Trinajstić information content (AvgIpc) is 2.42. The normalized spacial score (nSPS) is 11.3. The Labute approximate surface area is 124 Å². The Balaban J connectivity index is 2.93. The first kappa shape index (κ1) is 16.9. The second-order valence-corrected chi connectivity index (χ2v) is 5.11. The minimum Gasteiger partial charge on any atom is -0.395 e. The van der Waals surface area contributed by atoms with E-state index in [9.17, 15) is 15.2 Å². The lowest BCUT2D eigenvalue weighted by Crippen LogP contribution is -2.36. The van der Waals surface area contributed by atoms with Gasteiger partial charge in [-0.2, -0.15) is 0 Å². The molecule has 0 atom stereocenters. The molecular weight excluding hydrogens is 280 g/mol. The van der Waals surface area contributed by atoms with Crippen molar-refractivity contribution in [2.75, 3.05) is 13.2 Å². The zero-order valence-electron chi connectivity index (χ0n) is 11.9. The maximum atomic E-state index is 10.9. The van der Waals surface area contributed by atoms with Gasteiger partial charge in [0.1, 0.15) is 5.02 Å². The van der Waals surface area contributed by atoms with E-state index in [0.29, 0.717) is 19.1 Å². The van der Waals surface area contributed by atoms with Crippen molar-refractivity contribution in [3.63, 3.8) is 0 Å². The molecule has 0 fully saturated rings. The Kier molecular flexibility index (Phi) is 6.91.